The van der Waals surface area contributed by atoms with Crippen LogP contribution in [0, 0.1) is 0 Å². The van der Waals surface area contributed by atoms with E-state index in [0.717, 1.165) is 12.2 Å². The van der Waals surface area contributed by atoms with Crippen LogP contribution in [0.4, 0.5) is 11.5 Å². The fraction of sp³-hybridized carbons (Fsp3) is 0.417. The third-order valence-corrected chi connectivity index (χ3v) is 2.06. The number of ether oxygens (including phenoxy) is 1. The van der Waals surface area contributed by atoms with Crippen LogP contribution in [-0.4, -0.2) is 17.6 Å². The molecular weight excluding hydrogens is 202 g/mol. The highest BCUT2D eigenvalue weighted by Crippen LogP contribution is 2.21. The van der Waals surface area contributed by atoms with E-state index in [1.807, 2.05) is 26.0 Å². The van der Waals surface area contributed by atoms with Crippen LogP contribution in [0.5, 0.6) is 5.88 Å². The molecule has 0 amide bonds. The van der Waals surface area contributed by atoms with Gasteiger partial charge in [0.05, 0.1) is 12.3 Å². The molecule has 0 spiro atoms. The molecular formula is C12H19N3O. The van der Waals surface area contributed by atoms with Gasteiger partial charge in [0.15, 0.2) is 0 Å². The normalized spacial score (nSPS) is 11.9. The van der Waals surface area contributed by atoms with E-state index in [1.165, 1.54) is 0 Å². The number of hydrogen-bond donors (Lipinski definition) is 2. The Labute approximate surface area is 96.5 Å². The van der Waals surface area contributed by atoms with Crippen molar-refractivity contribution >= 4 is 11.5 Å². The quantitative estimate of drug-likeness (QED) is 0.724. The van der Waals surface area contributed by atoms with Crippen molar-refractivity contribution in [3.05, 3.63) is 24.8 Å². The monoisotopic (exact) mass is 221 g/mol. The van der Waals surface area contributed by atoms with Crippen molar-refractivity contribution in [2.45, 2.75) is 26.3 Å². The molecule has 0 radical (unpaired) electrons. The molecule has 16 heavy (non-hydrogen) atoms. The second-order valence-corrected chi connectivity index (χ2v) is 3.61. The number of nitrogen functional groups attached to an aromatic ring is 1. The molecule has 0 aromatic carbocycles. The number of pyridine rings is 1. The van der Waals surface area contributed by atoms with E-state index < -0.39 is 0 Å². The number of nitrogens with zero attached hydrogens (tertiary/aromatic N) is 1. The molecule has 1 aromatic heterocycles. The van der Waals surface area contributed by atoms with E-state index in [0.29, 0.717) is 18.2 Å². The van der Waals surface area contributed by atoms with Gasteiger partial charge in [-0.3, -0.25) is 0 Å². The smallest absolute Gasteiger partial charge is 0.239 e. The van der Waals surface area contributed by atoms with E-state index in [2.05, 4.69) is 16.9 Å². The van der Waals surface area contributed by atoms with Crippen molar-refractivity contribution in [2.75, 3.05) is 17.7 Å². The molecule has 0 saturated carbocycles. The van der Waals surface area contributed by atoms with Gasteiger partial charge >= 0.3 is 0 Å². The molecule has 4 heteroatoms. The summed E-state index contributed by atoms with van der Waals surface area (Å²) in [5.74, 6) is 1.23. The van der Waals surface area contributed by atoms with Crippen LogP contribution in [0.25, 0.3) is 0 Å². The summed E-state index contributed by atoms with van der Waals surface area (Å²) in [7, 11) is 0. The number of hydrogen-bond acceptors (Lipinski definition) is 4. The summed E-state index contributed by atoms with van der Waals surface area (Å²) in [6, 6.07) is 3.78. The fourth-order valence-corrected chi connectivity index (χ4v) is 1.14. The van der Waals surface area contributed by atoms with E-state index in [4.69, 9.17) is 10.5 Å². The summed E-state index contributed by atoms with van der Waals surface area (Å²) in [5, 5.41) is 3.17. The Morgan fingerprint density at radius 1 is 1.62 bits per heavy atom. The van der Waals surface area contributed by atoms with Crippen molar-refractivity contribution in [2.24, 2.45) is 0 Å². The fourth-order valence-electron chi connectivity index (χ4n) is 1.14. The zero-order chi connectivity index (χ0) is 12.0. The lowest BCUT2D eigenvalue weighted by molar-refractivity contribution is 0.307. The van der Waals surface area contributed by atoms with Gasteiger partial charge in [0.2, 0.25) is 5.88 Å². The minimum absolute atomic E-state index is 0.162. The summed E-state index contributed by atoms with van der Waals surface area (Å²) in [6.07, 6.45) is 2.74. The molecule has 0 aliphatic heterocycles. The number of aromatic nitrogens is 1. The summed E-state index contributed by atoms with van der Waals surface area (Å²) in [4.78, 5) is 4.29. The number of nitrogens with two attached hydrogens (primary N) is 1. The molecule has 1 atom stereocenters. The molecule has 1 heterocycles. The summed E-state index contributed by atoms with van der Waals surface area (Å²) >= 11 is 0. The second kappa shape index (κ2) is 6.00. The molecule has 1 aromatic rings. The third-order valence-electron chi connectivity index (χ3n) is 2.06. The van der Waals surface area contributed by atoms with Gasteiger partial charge < -0.3 is 15.8 Å². The van der Waals surface area contributed by atoms with Gasteiger partial charge in [-0.25, -0.2) is 0 Å². The topological polar surface area (TPSA) is 60.2 Å². The van der Waals surface area contributed by atoms with Crippen LogP contribution in [0.3, 0.4) is 0 Å². The average Bonchev–Trinajstić information content (AvgIpc) is 2.29. The molecule has 3 N–H and O–H groups in total. The highest BCUT2D eigenvalue weighted by molar-refractivity contribution is 5.54. The van der Waals surface area contributed by atoms with E-state index >= 15 is 0 Å². The minimum atomic E-state index is 0.162. The van der Waals surface area contributed by atoms with Gasteiger partial charge in [-0.15, -0.1) is 6.58 Å². The van der Waals surface area contributed by atoms with Crippen molar-refractivity contribution in [3.8, 4) is 5.88 Å². The van der Waals surface area contributed by atoms with Crippen LogP contribution in [-0.2, 0) is 0 Å². The predicted octanol–water partition coefficient (Wildman–Crippen LogP) is 2.44. The first kappa shape index (κ1) is 12.4. The highest BCUT2D eigenvalue weighted by atomic mass is 16.5. The van der Waals surface area contributed by atoms with Gasteiger partial charge in [-0.05, 0) is 25.5 Å². The van der Waals surface area contributed by atoms with Crippen molar-refractivity contribution < 1.29 is 4.74 Å². The summed E-state index contributed by atoms with van der Waals surface area (Å²) in [5.41, 5.74) is 6.32. The molecule has 0 fully saturated rings. The molecule has 88 valence electrons. The average molecular weight is 221 g/mol. The van der Waals surface area contributed by atoms with E-state index in [9.17, 15) is 0 Å². The van der Waals surface area contributed by atoms with Crippen LogP contribution < -0.4 is 15.8 Å². The number of nitrogens with one attached hydrogen (secondary N) is 1. The molecule has 0 saturated heterocycles. The van der Waals surface area contributed by atoms with Crippen LogP contribution in [0.15, 0.2) is 24.8 Å². The van der Waals surface area contributed by atoms with Gasteiger partial charge in [0, 0.05) is 6.04 Å². The van der Waals surface area contributed by atoms with Gasteiger partial charge in [-0.2, -0.15) is 4.98 Å². The molecule has 0 bridgehead atoms. The molecule has 1 unspecified atom stereocenters. The van der Waals surface area contributed by atoms with Crippen LogP contribution in [0.1, 0.15) is 20.3 Å². The minimum Gasteiger partial charge on any atom is -0.476 e. The standard InChI is InChI=1S/C12H19N3O/c1-4-8-16-12-10(13)6-7-11(15-12)14-9(3)5-2/h5-7,9H,2,4,8,13H2,1,3H3,(H,14,15). The number of anilines is 2. The first-order chi connectivity index (χ1) is 7.67. The van der Waals surface area contributed by atoms with Crippen molar-refractivity contribution in [3.63, 3.8) is 0 Å². The SMILES string of the molecule is C=CC(C)Nc1ccc(N)c(OCCC)n1. The van der Waals surface area contributed by atoms with Gasteiger partial charge in [0.25, 0.3) is 0 Å². The third kappa shape index (κ3) is 3.46. The molecule has 0 aliphatic carbocycles. The lowest BCUT2D eigenvalue weighted by Crippen LogP contribution is -2.13. The number of rotatable bonds is 6. The lowest BCUT2D eigenvalue weighted by atomic mass is 10.3. The van der Waals surface area contributed by atoms with Crippen LogP contribution in [0.2, 0.25) is 0 Å². The first-order valence-electron chi connectivity index (χ1n) is 5.45. The molecule has 4 nitrogen and oxygen atoms in total. The Balaban J connectivity index is 2.76. The maximum Gasteiger partial charge on any atom is 0.239 e. The summed E-state index contributed by atoms with van der Waals surface area (Å²) in [6.45, 7) is 8.36. The first-order valence-corrected chi connectivity index (χ1v) is 5.45. The maximum absolute atomic E-state index is 5.76. The van der Waals surface area contributed by atoms with E-state index in [1.54, 1.807) is 6.07 Å². The maximum atomic E-state index is 5.76. The Kier molecular flexibility index (Phi) is 4.64. The second-order valence-electron chi connectivity index (χ2n) is 3.61. The zero-order valence-electron chi connectivity index (χ0n) is 9.86. The van der Waals surface area contributed by atoms with Crippen LogP contribution >= 0.6 is 0 Å². The lowest BCUT2D eigenvalue weighted by Gasteiger charge is -2.12. The largest absolute Gasteiger partial charge is 0.476 e. The highest BCUT2D eigenvalue weighted by Gasteiger charge is 2.05. The Bertz CT molecular complexity index is 352. The summed E-state index contributed by atoms with van der Waals surface area (Å²) < 4.78 is 5.44. The zero-order valence-corrected chi connectivity index (χ0v) is 9.86. The van der Waals surface area contributed by atoms with Crippen molar-refractivity contribution in [1.29, 1.82) is 0 Å². The Hall–Kier alpha value is -1.71. The van der Waals surface area contributed by atoms with Gasteiger partial charge in [0.1, 0.15) is 5.82 Å². The Morgan fingerprint density at radius 2 is 2.38 bits per heavy atom. The molecule has 1 rings (SSSR count). The Morgan fingerprint density at radius 3 is 3.00 bits per heavy atom. The van der Waals surface area contributed by atoms with Gasteiger partial charge in [-0.1, -0.05) is 13.0 Å². The molecule has 0 aliphatic rings. The predicted molar refractivity (Wildman–Crippen MR) is 67.7 cm³/mol. The van der Waals surface area contributed by atoms with Crippen molar-refractivity contribution in [1.82, 2.24) is 4.98 Å². The van der Waals surface area contributed by atoms with E-state index in [-0.39, 0.29) is 6.04 Å².